The van der Waals surface area contributed by atoms with Crippen LogP contribution in [0, 0.1) is 5.92 Å². The topological polar surface area (TPSA) is 57.7 Å². The molecule has 2 aliphatic heterocycles. The van der Waals surface area contributed by atoms with Crippen molar-refractivity contribution in [3.63, 3.8) is 0 Å². The highest BCUT2D eigenvalue weighted by atomic mass is 32.2. The molecule has 0 N–H and O–H groups in total. The van der Waals surface area contributed by atoms with Crippen LogP contribution in [0.2, 0.25) is 0 Å². The van der Waals surface area contributed by atoms with Crippen molar-refractivity contribution in [1.82, 2.24) is 4.31 Å². The van der Waals surface area contributed by atoms with E-state index < -0.39 is 10.0 Å². The zero-order valence-corrected chi connectivity index (χ0v) is 16.1. The summed E-state index contributed by atoms with van der Waals surface area (Å²) < 4.78 is 27.4. The first-order valence-corrected chi connectivity index (χ1v) is 11.5. The van der Waals surface area contributed by atoms with E-state index in [-0.39, 0.29) is 11.8 Å². The average Bonchev–Trinajstić information content (AvgIpc) is 3.12. The minimum atomic E-state index is -3.41. The zero-order valence-electron chi connectivity index (χ0n) is 15.3. The number of nitrogens with zero attached hydrogens (tertiary/aromatic N) is 2. The van der Waals surface area contributed by atoms with E-state index in [1.165, 1.54) is 6.42 Å². The van der Waals surface area contributed by atoms with Crippen LogP contribution >= 0.6 is 0 Å². The third-order valence-electron chi connectivity index (χ3n) is 6.12. The monoisotopic (exact) mass is 376 g/mol. The zero-order chi connectivity index (χ0) is 18.1. The van der Waals surface area contributed by atoms with Gasteiger partial charge in [0.2, 0.25) is 15.9 Å². The van der Waals surface area contributed by atoms with Gasteiger partial charge in [-0.25, -0.2) is 8.42 Å². The maximum Gasteiger partial charge on any atom is 0.243 e. The second kappa shape index (κ2) is 7.31. The Kier molecular flexibility index (Phi) is 5.06. The molecule has 1 aromatic rings. The fourth-order valence-corrected chi connectivity index (χ4v) is 6.16. The van der Waals surface area contributed by atoms with Gasteiger partial charge in [0, 0.05) is 31.2 Å². The average molecular weight is 377 g/mol. The van der Waals surface area contributed by atoms with Crippen molar-refractivity contribution in [3.05, 3.63) is 23.8 Å². The minimum absolute atomic E-state index is 0.145. The van der Waals surface area contributed by atoms with Crippen molar-refractivity contribution >= 4 is 21.6 Å². The van der Waals surface area contributed by atoms with Gasteiger partial charge < -0.3 is 4.90 Å². The summed E-state index contributed by atoms with van der Waals surface area (Å²) in [5, 5.41) is 0. The van der Waals surface area contributed by atoms with Gasteiger partial charge in [-0.15, -0.1) is 0 Å². The summed E-state index contributed by atoms with van der Waals surface area (Å²) in [7, 11) is -3.41. The SMILES string of the molecule is O=C(C1CCCCC1)N1CCc2cc(S(=O)(=O)N3CCCCC3)ccc21. The van der Waals surface area contributed by atoms with Crippen LogP contribution in [0.15, 0.2) is 23.1 Å². The van der Waals surface area contributed by atoms with E-state index in [2.05, 4.69) is 0 Å². The molecule has 0 unspecified atom stereocenters. The lowest BCUT2D eigenvalue weighted by Gasteiger charge is -2.27. The van der Waals surface area contributed by atoms with Gasteiger partial charge in [-0.3, -0.25) is 4.79 Å². The van der Waals surface area contributed by atoms with Crippen molar-refractivity contribution in [2.24, 2.45) is 5.92 Å². The van der Waals surface area contributed by atoms with Crippen LogP contribution in [0.3, 0.4) is 0 Å². The molecule has 6 heteroatoms. The molecule has 0 aromatic heterocycles. The summed E-state index contributed by atoms with van der Waals surface area (Å²) >= 11 is 0. The van der Waals surface area contributed by atoms with E-state index in [1.807, 2.05) is 11.0 Å². The van der Waals surface area contributed by atoms with Crippen molar-refractivity contribution in [2.75, 3.05) is 24.5 Å². The summed E-state index contributed by atoms with van der Waals surface area (Å²) in [6, 6.07) is 5.34. The molecule has 0 atom stereocenters. The van der Waals surface area contributed by atoms with Crippen LogP contribution in [-0.4, -0.2) is 38.3 Å². The molecule has 0 spiro atoms. The van der Waals surface area contributed by atoms with Crippen molar-refractivity contribution < 1.29 is 13.2 Å². The Morgan fingerprint density at radius 1 is 0.923 bits per heavy atom. The van der Waals surface area contributed by atoms with Gasteiger partial charge in [0.1, 0.15) is 0 Å². The smallest absolute Gasteiger partial charge is 0.243 e. The Balaban J connectivity index is 1.55. The largest absolute Gasteiger partial charge is 0.312 e. The third-order valence-corrected chi connectivity index (χ3v) is 8.01. The summed E-state index contributed by atoms with van der Waals surface area (Å²) in [5.74, 6) is 0.376. The Labute approximate surface area is 156 Å². The molecule has 0 radical (unpaired) electrons. The van der Waals surface area contributed by atoms with Crippen LogP contribution in [-0.2, 0) is 21.2 Å². The molecule has 3 aliphatic rings. The highest BCUT2D eigenvalue weighted by Crippen LogP contribution is 2.35. The molecule has 1 saturated carbocycles. The molecule has 0 bridgehead atoms. The van der Waals surface area contributed by atoms with Gasteiger partial charge in [-0.2, -0.15) is 4.31 Å². The lowest BCUT2D eigenvalue weighted by molar-refractivity contribution is -0.123. The van der Waals surface area contributed by atoms with Gasteiger partial charge in [0.25, 0.3) is 0 Å². The molecule has 1 amide bonds. The molecule has 1 saturated heterocycles. The fraction of sp³-hybridized carbons (Fsp3) is 0.650. The summed E-state index contributed by atoms with van der Waals surface area (Å²) in [6.45, 7) is 1.91. The molecule has 2 heterocycles. The number of carbonyl (C=O) groups excluding carboxylic acids is 1. The minimum Gasteiger partial charge on any atom is -0.312 e. The number of anilines is 1. The number of amides is 1. The number of benzene rings is 1. The molecule has 26 heavy (non-hydrogen) atoms. The lowest BCUT2D eigenvalue weighted by Crippen LogP contribution is -2.36. The number of carbonyl (C=O) groups is 1. The van der Waals surface area contributed by atoms with Crippen molar-refractivity contribution in [2.45, 2.75) is 62.7 Å². The number of piperidine rings is 1. The Bertz CT molecular complexity index is 778. The number of rotatable bonds is 3. The maximum absolute atomic E-state index is 12.9. The fourth-order valence-electron chi connectivity index (χ4n) is 4.59. The quantitative estimate of drug-likeness (QED) is 0.813. The maximum atomic E-state index is 12.9. The predicted octanol–water partition coefficient (Wildman–Crippen LogP) is 3.33. The molecular weight excluding hydrogens is 348 g/mol. The second-order valence-electron chi connectivity index (χ2n) is 7.83. The van der Waals surface area contributed by atoms with Gasteiger partial charge in [-0.05, 0) is 55.9 Å². The first-order valence-electron chi connectivity index (χ1n) is 10.0. The normalized spacial score (nSPS) is 22.4. The Morgan fingerprint density at radius 2 is 1.62 bits per heavy atom. The molecule has 5 nitrogen and oxygen atoms in total. The van der Waals surface area contributed by atoms with Crippen molar-refractivity contribution in [3.8, 4) is 0 Å². The van der Waals surface area contributed by atoms with Crippen molar-refractivity contribution in [1.29, 1.82) is 0 Å². The van der Waals surface area contributed by atoms with Crippen LogP contribution in [0.5, 0.6) is 0 Å². The standard InChI is InChI=1S/C20H28N2O3S/c23-20(16-7-3-1-4-8-16)22-14-11-17-15-18(9-10-19(17)22)26(24,25)21-12-5-2-6-13-21/h9-10,15-16H,1-8,11-14H2. The Morgan fingerprint density at radius 3 is 2.35 bits per heavy atom. The van der Waals surface area contributed by atoms with E-state index in [4.69, 9.17) is 0 Å². The van der Waals surface area contributed by atoms with E-state index in [0.29, 0.717) is 24.5 Å². The van der Waals surface area contributed by atoms with Crippen LogP contribution in [0.25, 0.3) is 0 Å². The van der Waals surface area contributed by atoms with Crippen LogP contribution < -0.4 is 4.90 Å². The van der Waals surface area contributed by atoms with Gasteiger partial charge in [0.15, 0.2) is 0 Å². The van der Waals surface area contributed by atoms with E-state index in [1.54, 1.807) is 16.4 Å². The molecule has 142 valence electrons. The van der Waals surface area contributed by atoms with Gasteiger partial charge in [-0.1, -0.05) is 25.7 Å². The van der Waals surface area contributed by atoms with Crippen LogP contribution in [0.4, 0.5) is 5.69 Å². The van der Waals surface area contributed by atoms with Gasteiger partial charge in [0.05, 0.1) is 4.90 Å². The summed E-state index contributed by atoms with van der Waals surface area (Å²) in [4.78, 5) is 15.2. The second-order valence-corrected chi connectivity index (χ2v) is 9.77. The van der Waals surface area contributed by atoms with E-state index >= 15 is 0 Å². The van der Waals surface area contributed by atoms with Crippen LogP contribution in [0.1, 0.15) is 56.9 Å². The first-order chi connectivity index (χ1) is 12.6. The molecule has 1 aromatic carbocycles. The Hall–Kier alpha value is -1.40. The highest BCUT2D eigenvalue weighted by molar-refractivity contribution is 7.89. The van der Waals surface area contributed by atoms with Gasteiger partial charge >= 0.3 is 0 Å². The van der Waals surface area contributed by atoms with E-state index in [9.17, 15) is 13.2 Å². The lowest BCUT2D eigenvalue weighted by atomic mass is 9.88. The summed E-state index contributed by atoms with van der Waals surface area (Å²) in [5.41, 5.74) is 1.91. The third kappa shape index (κ3) is 3.29. The predicted molar refractivity (Wildman–Crippen MR) is 102 cm³/mol. The van der Waals surface area contributed by atoms with E-state index in [0.717, 1.165) is 62.6 Å². The number of hydrogen-bond donors (Lipinski definition) is 0. The summed E-state index contributed by atoms with van der Waals surface area (Å²) in [6.07, 6.45) is 9.23. The molecule has 2 fully saturated rings. The molecule has 1 aliphatic carbocycles. The number of fused-ring (bicyclic) bond motifs is 1. The molecule has 4 rings (SSSR count). The molecular formula is C20H28N2O3S. The number of sulfonamides is 1. The first kappa shape index (κ1) is 18.0. The highest BCUT2D eigenvalue weighted by Gasteiger charge is 2.33. The number of hydrogen-bond acceptors (Lipinski definition) is 3.